The van der Waals surface area contributed by atoms with Gasteiger partial charge in [0.2, 0.25) is 0 Å². The summed E-state index contributed by atoms with van der Waals surface area (Å²) in [7, 11) is 1.73. The molecule has 0 aliphatic heterocycles. The molecule has 0 spiro atoms. The molecule has 0 amide bonds. The third kappa shape index (κ3) is 6.60. The minimum Gasteiger partial charge on any atom is -0.385 e. The van der Waals surface area contributed by atoms with Gasteiger partial charge in [-0.25, -0.2) is 0 Å². The van der Waals surface area contributed by atoms with Crippen LogP contribution in [0.25, 0.3) is 0 Å². The molecule has 1 aliphatic carbocycles. The van der Waals surface area contributed by atoms with E-state index in [0.717, 1.165) is 45.2 Å². The molecule has 0 saturated heterocycles. The van der Waals surface area contributed by atoms with Gasteiger partial charge in [-0.2, -0.15) is 0 Å². The van der Waals surface area contributed by atoms with Crippen molar-refractivity contribution in [1.82, 2.24) is 5.32 Å². The maximum atomic E-state index is 5.73. The van der Waals surface area contributed by atoms with Crippen LogP contribution in [0.15, 0.2) is 24.3 Å². The molecular formula is C18H29NO2. The first kappa shape index (κ1) is 16.5. The van der Waals surface area contributed by atoms with E-state index in [2.05, 4.69) is 36.5 Å². The Bertz CT molecular complexity index is 404. The van der Waals surface area contributed by atoms with Gasteiger partial charge in [-0.1, -0.05) is 29.8 Å². The normalized spacial score (nSPS) is 16.1. The predicted octanol–water partition coefficient (Wildman–Crippen LogP) is 3.27. The highest BCUT2D eigenvalue weighted by atomic mass is 16.5. The van der Waals surface area contributed by atoms with E-state index in [1.807, 2.05) is 0 Å². The molecule has 1 N–H and O–H groups in total. The quantitative estimate of drug-likeness (QED) is 0.635. The highest BCUT2D eigenvalue weighted by molar-refractivity contribution is 5.25. The largest absolute Gasteiger partial charge is 0.385 e. The Morgan fingerprint density at radius 3 is 2.81 bits per heavy atom. The Morgan fingerprint density at radius 2 is 2.10 bits per heavy atom. The summed E-state index contributed by atoms with van der Waals surface area (Å²) in [5, 5.41) is 3.66. The van der Waals surface area contributed by atoms with Crippen molar-refractivity contribution in [2.24, 2.45) is 0 Å². The molecule has 1 aromatic carbocycles. The Kier molecular flexibility index (Phi) is 7.20. The molecule has 0 aromatic heterocycles. The summed E-state index contributed by atoms with van der Waals surface area (Å²) in [6, 6.07) is 9.64. The number of rotatable bonds is 11. The summed E-state index contributed by atoms with van der Waals surface area (Å²) in [6.45, 7) is 5.63. The van der Waals surface area contributed by atoms with Gasteiger partial charge < -0.3 is 14.8 Å². The lowest BCUT2D eigenvalue weighted by Crippen LogP contribution is -2.24. The summed E-state index contributed by atoms with van der Waals surface area (Å²) >= 11 is 0. The van der Waals surface area contributed by atoms with Crippen molar-refractivity contribution in [3.63, 3.8) is 0 Å². The Hall–Kier alpha value is -0.900. The zero-order valence-electron chi connectivity index (χ0n) is 13.4. The second-order valence-corrected chi connectivity index (χ2v) is 6.04. The van der Waals surface area contributed by atoms with E-state index in [0.29, 0.717) is 5.92 Å². The number of aryl methyl sites for hydroxylation is 1. The van der Waals surface area contributed by atoms with Gasteiger partial charge in [0.25, 0.3) is 0 Å². The zero-order chi connectivity index (χ0) is 14.9. The van der Waals surface area contributed by atoms with E-state index in [9.17, 15) is 0 Å². The van der Waals surface area contributed by atoms with Crippen molar-refractivity contribution < 1.29 is 9.47 Å². The summed E-state index contributed by atoms with van der Waals surface area (Å²) in [5.41, 5.74) is 2.77. The van der Waals surface area contributed by atoms with Crippen LogP contribution in [0.3, 0.4) is 0 Å². The van der Waals surface area contributed by atoms with E-state index >= 15 is 0 Å². The fourth-order valence-electron chi connectivity index (χ4n) is 2.54. The first-order chi connectivity index (χ1) is 10.3. The fraction of sp³-hybridized carbons (Fsp3) is 0.667. The van der Waals surface area contributed by atoms with Gasteiger partial charge in [-0.15, -0.1) is 0 Å². The maximum absolute atomic E-state index is 5.73. The number of benzene rings is 1. The van der Waals surface area contributed by atoms with Crippen LogP contribution in [0, 0.1) is 6.92 Å². The molecule has 3 nitrogen and oxygen atoms in total. The minimum absolute atomic E-state index is 0.549. The van der Waals surface area contributed by atoms with Crippen LogP contribution in [-0.2, 0) is 9.47 Å². The summed E-state index contributed by atoms with van der Waals surface area (Å²) in [6.07, 6.45) is 4.74. The van der Waals surface area contributed by atoms with E-state index < -0.39 is 0 Å². The number of ether oxygens (including phenoxy) is 2. The van der Waals surface area contributed by atoms with Crippen LogP contribution >= 0.6 is 0 Å². The van der Waals surface area contributed by atoms with Crippen molar-refractivity contribution in [3.8, 4) is 0 Å². The van der Waals surface area contributed by atoms with Gasteiger partial charge in [0.05, 0.1) is 0 Å². The smallest absolute Gasteiger partial charge is 0.0487 e. The summed E-state index contributed by atoms with van der Waals surface area (Å²) in [4.78, 5) is 0. The molecule has 1 unspecified atom stereocenters. The van der Waals surface area contributed by atoms with Crippen LogP contribution in [0.1, 0.15) is 42.7 Å². The SMILES string of the molecule is COCCCOCCC(CNC1CC1)c1cccc(C)c1. The standard InChI is InChI=1S/C18H29NO2/c1-15-5-3-6-16(13-15)17(14-19-18-7-8-18)9-12-21-11-4-10-20-2/h3,5-6,13,17-19H,4,7-12,14H2,1-2H3. The van der Waals surface area contributed by atoms with Crippen molar-refractivity contribution >= 4 is 0 Å². The third-order valence-corrected chi connectivity index (χ3v) is 3.99. The molecule has 1 aliphatic rings. The van der Waals surface area contributed by atoms with Gasteiger partial charge in [-0.3, -0.25) is 0 Å². The van der Waals surface area contributed by atoms with E-state index in [1.54, 1.807) is 7.11 Å². The van der Waals surface area contributed by atoms with E-state index in [-0.39, 0.29) is 0 Å². The minimum atomic E-state index is 0.549. The van der Waals surface area contributed by atoms with Crippen LogP contribution in [0.5, 0.6) is 0 Å². The van der Waals surface area contributed by atoms with Crippen LogP contribution in [-0.4, -0.2) is 39.5 Å². The van der Waals surface area contributed by atoms with E-state index in [1.165, 1.54) is 24.0 Å². The molecule has 0 radical (unpaired) electrons. The Balaban J connectivity index is 1.77. The zero-order valence-corrected chi connectivity index (χ0v) is 13.4. The molecule has 118 valence electrons. The monoisotopic (exact) mass is 291 g/mol. The second-order valence-electron chi connectivity index (χ2n) is 6.04. The third-order valence-electron chi connectivity index (χ3n) is 3.99. The van der Waals surface area contributed by atoms with Crippen molar-refractivity contribution in [2.45, 2.75) is 44.6 Å². The van der Waals surface area contributed by atoms with Crippen LogP contribution in [0.2, 0.25) is 0 Å². The topological polar surface area (TPSA) is 30.5 Å². The molecule has 21 heavy (non-hydrogen) atoms. The van der Waals surface area contributed by atoms with Crippen molar-refractivity contribution in [1.29, 1.82) is 0 Å². The Labute approximate surface area is 129 Å². The molecular weight excluding hydrogens is 262 g/mol. The number of hydrogen-bond donors (Lipinski definition) is 1. The number of methoxy groups -OCH3 is 1. The molecule has 1 saturated carbocycles. The van der Waals surface area contributed by atoms with E-state index in [4.69, 9.17) is 9.47 Å². The highest BCUT2D eigenvalue weighted by Gasteiger charge is 2.22. The number of nitrogens with one attached hydrogen (secondary N) is 1. The maximum Gasteiger partial charge on any atom is 0.0487 e. The average Bonchev–Trinajstić information content (AvgIpc) is 3.30. The first-order valence-corrected chi connectivity index (χ1v) is 8.16. The van der Waals surface area contributed by atoms with Gasteiger partial charge in [0, 0.05) is 39.5 Å². The van der Waals surface area contributed by atoms with Gasteiger partial charge >= 0.3 is 0 Å². The number of hydrogen-bond acceptors (Lipinski definition) is 3. The molecule has 0 heterocycles. The molecule has 1 atom stereocenters. The van der Waals surface area contributed by atoms with Crippen molar-refractivity contribution in [3.05, 3.63) is 35.4 Å². The van der Waals surface area contributed by atoms with Crippen molar-refractivity contribution in [2.75, 3.05) is 33.5 Å². The molecule has 1 aromatic rings. The lowest BCUT2D eigenvalue weighted by atomic mass is 9.94. The fourth-order valence-corrected chi connectivity index (χ4v) is 2.54. The lowest BCUT2D eigenvalue weighted by molar-refractivity contribution is 0.0980. The average molecular weight is 291 g/mol. The molecule has 2 rings (SSSR count). The first-order valence-electron chi connectivity index (χ1n) is 8.16. The summed E-state index contributed by atoms with van der Waals surface area (Å²) in [5.74, 6) is 0.549. The van der Waals surface area contributed by atoms with Crippen LogP contribution < -0.4 is 5.32 Å². The van der Waals surface area contributed by atoms with Crippen LogP contribution in [0.4, 0.5) is 0 Å². The van der Waals surface area contributed by atoms with Gasteiger partial charge in [-0.05, 0) is 44.1 Å². The van der Waals surface area contributed by atoms with Gasteiger partial charge in [0.1, 0.15) is 0 Å². The second kappa shape index (κ2) is 9.19. The summed E-state index contributed by atoms with van der Waals surface area (Å²) < 4.78 is 10.8. The molecule has 0 bridgehead atoms. The predicted molar refractivity (Wildman–Crippen MR) is 86.9 cm³/mol. The Morgan fingerprint density at radius 1 is 1.24 bits per heavy atom. The highest BCUT2D eigenvalue weighted by Crippen LogP contribution is 2.24. The molecule has 1 fully saturated rings. The lowest BCUT2D eigenvalue weighted by Gasteiger charge is -2.19. The van der Waals surface area contributed by atoms with Gasteiger partial charge in [0.15, 0.2) is 0 Å². The molecule has 3 heteroatoms.